The van der Waals surface area contributed by atoms with Crippen LogP contribution < -0.4 is 5.32 Å². The summed E-state index contributed by atoms with van der Waals surface area (Å²) in [6.07, 6.45) is -0.499. The van der Waals surface area contributed by atoms with Crippen LogP contribution >= 0.6 is 11.6 Å². The lowest BCUT2D eigenvalue weighted by molar-refractivity contribution is -0.137. The molecule has 1 aliphatic rings. The Bertz CT molecular complexity index is 675. The number of hydrogen-bond donors (Lipinski definition) is 1. The number of nitrogens with one attached hydrogen (secondary N) is 1. The number of nitrogens with zero attached hydrogens (tertiary/aromatic N) is 2. The maximum absolute atomic E-state index is 12.7. The van der Waals surface area contributed by atoms with Crippen LogP contribution in [0.4, 0.5) is 19.1 Å². The van der Waals surface area contributed by atoms with Gasteiger partial charge in [0.15, 0.2) is 0 Å². The highest BCUT2D eigenvalue weighted by Gasteiger charge is 2.31. The predicted molar refractivity (Wildman–Crippen MR) is 75.0 cm³/mol. The van der Waals surface area contributed by atoms with E-state index in [0.29, 0.717) is 17.7 Å². The molecule has 1 aromatic heterocycles. The first-order valence-electron chi connectivity index (χ1n) is 6.54. The van der Waals surface area contributed by atoms with E-state index in [0.717, 1.165) is 30.7 Å². The molecule has 3 nitrogen and oxygen atoms in total. The minimum Gasteiger partial charge on any atom is -0.353 e. The average Bonchev–Trinajstić information content (AvgIpc) is 3.11. The van der Waals surface area contributed by atoms with Crippen LogP contribution in [0, 0.1) is 6.92 Å². The molecule has 1 heterocycles. The quantitative estimate of drug-likeness (QED) is 0.908. The van der Waals surface area contributed by atoms with Gasteiger partial charge in [-0.15, -0.1) is 0 Å². The minimum absolute atomic E-state index is 0.0427. The molecular weight excluding hydrogens is 303 g/mol. The average molecular weight is 316 g/mol. The van der Waals surface area contributed by atoms with Crippen molar-refractivity contribution in [1.29, 1.82) is 0 Å². The Morgan fingerprint density at radius 3 is 2.62 bits per heavy atom. The van der Waals surface area contributed by atoms with Gasteiger partial charge in [0.25, 0.3) is 0 Å². The van der Waals surface area contributed by atoms with Crippen molar-refractivity contribution in [3.05, 3.63) is 40.7 Å². The summed E-state index contributed by atoms with van der Waals surface area (Å²) in [4.78, 5) is 4.35. The van der Waals surface area contributed by atoms with Gasteiger partial charge in [0.05, 0.1) is 22.0 Å². The number of anilines is 1. The van der Waals surface area contributed by atoms with Crippen molar-refractivity contribution in [2.45, 2.75) is 32.0 Å². The van der Waals surface area contributed by atoms with Crippen LogP contribution in [0.1, 0.15) is 24.1 Å². The summed E-state index contributed by atoms with van der Waals surface area (Å²) in [6.45, 7) is 1.83. The summed E-state index contributed by atoms with van der Waals surface area (Å²) in [7, 11) is 0. The zero-order valence-corrected chi connectivity index (χ0v) is 12.0. The van der Waals surface area contributed by atoms with E-state index in [1.165, 1.54) is 6.07 Å². The van der Waals surface area contributed by atoms with Crippen LogP contribution in [0.5, 0.6) is 0 Å². The summed E-state index contributed by atoms with van der Waals surface area (Å²) < 4.78 is 39.7. The normalized spacial score (nSPS) is 15.3. The molecule has 7 heteroatoms. The standard InChI is InChI=1S/C14H13ClF3N3/c1-8-7-21(13(19-8)20-10-3-4-10)12-5-2-9(6-11(12)15)14(16,17)18/h2,5-7,10H,3-4H2,1H3,(H,19,20). The number of hydrogen-bond acceptors (Lipinski definition) is 2. The molecule has 0 atom stereocenters. The fourth-order valence-corrected chi connectivity index (χ4v) is 2.34. The Hall–Kier alpha value is -1.69. The summed E-state index contributed by atoms with van der Waals surface area (Å²) in [5, 5.41) is 3.29. The third-order valence-electron chi connectivity index (χ3n) is 3.27. The van der Waals surface area contributed by atoms with Gasteiger partial charge in [-0.25, -0.2) is 4.98 Å². The van der Waals surface area contributed by atoms with E-state index in [1.54, 1.807) is 10.8 Å². The summed E-state index contributed by atoms with van der Waals surface area (Å²) >= 11 is 6.03. The number of imidazole rings is 1. The van der Waals surface area contributed by atoms with Crippen LogP contribution in [0.15, 0.2) is 24.4 Å². The molecule has 1 aliphatic carbocycles. The Balaban J connectivity index is 2.00. The Morgan fingerprint density at radius 2 is 2.05 bits per heavy atom. The van der Waals surface area contributed by atoms with Gasteiger partial charge in [-0.05, 0) is 38.0 Å². The second-order valence-electron chi connectivity index (χ2n) is 5.16. The summed E-state index contributed by atoms with van der Waals surface area (Å²) in [6, 6.07) is 3.72. The molecule has 1 aromatic carbocycles. The molecule has 21 heavy (non-hydrogen) atoms. The molecule has 1 fully saturated rings. The van der Waals surface area contributed by atoms with E-state index >= 15 is 0 Å². The largest absolute Gasteiger partial charge is 0.416 e. The Labute approximate surface area is 124 Å². The van der Waals surface area contributed by atoms with E-state index in [9.17, 15) is 13.2 Å². The van der Waals surface area contributed by atoms with E-state index in [2.05, 4.69) is 10.3 Å². The molecule has 2 aromatic rings. The first-order valence-corrected chi connectivity index (χ1v) is 6.92. The molecular formula is C14H13ClF3N3. The van der Waals surface area contributed by atoms with Crippen LogP contribution in [0.2, 0.25) is 5.02 Å². The van der Waals surface area contributed by atoms with Crippen molar-refractivity contribution >= 4 is 17.5 Å². The minimum atomic E-state index is -4.40. The molecule has 0 amide bonds. The molecule has 1 N–H and O–H groups in total. The predicted octanol–water partition coefficient (Wildman–Crippen LogP) is 4.43. The second kappa shape index (κ2) is 4.94. The zero-order valence-electron chi connectivity index (χ0n) is 11.2. The van der Waals surface area contributed by atoms with Crippen LogP contribution in [-0.2, 0) is 6.18 Å². The van der Waals surface area contributed by atoms with Gasteiger partial charge in [0, 0.05) is 12.2 Å². The van der Waals surface area contributed by atoms with Gasteiger partial charge in [-0.3, -0.25) is 4.57 Å². The molecule has 0 spiro atoms. The van der Waals surface area contributed by atoms with Crippen LogP contribution in [-0.4, -0.2) is 15.6 Å². The van der Waals surface area contributed by atoms with E-state index in [-0.39, 0.29) is 5.02 Å². The molecule has 0 radical (unpaired) electrons. The number of rotatable bonds is 3. The lowest BCUT2D eigenvalue weighted by Gasteiger charge is -2.13. The number of benzene rings is 1. The maximum Gasteiger partial charge on any atom is 0.416 e. The first-order chi connectivity index (χ1) is 9.84. The number of aryl methyl sites for hydroxylation is 1. The summed E-state index contributed by atoms with van der Waals surface area (Å²) in [5.74, 6) is 0.608. The molecule has 0 bridgehead atoms. The lowest BCUT2D eigenvalue weighted by atomic mass is 10.2. The molecule has 0 saturated heterocycles. The van der Waals surface area contributed by atoms with Gasteiger partial charge in [0.1, 0.15) is 0 Å². The van der Waals surface area contributed by atoms with Crippen molar-refractivity contribution in [3.8, 4) is 5.69 Å². The first kappa shape index (κ1) is 14.3. The Kier molecular flexibility index (Phi) is 3.36. The zero-order chi connectivity index (χ0) is 15.2. The topological polar surface area (TPSA) is 29.9 Å². The number of halogens is 4. The van der Waals surface area contributed by atoms with Crippen molar-refractivity contribution in [1.82, 2.24) is 9.55 Å². The van der Waals surface area contributed by atoms with Crippen LogP contribution in [0.25, 0.3) is 5.69 Å². The van der Waals surface area contributed by atoms with Gasteiger partial charge in [0.2, 0.25) is 5.95 Å². The molecule has 1 saturated carbocycles. The van der Waals surface area contributed by atoms with Crippen molar-refractivity contribution < 1.29 is 13.2 Å². The third-order valence-corrected chi connectivity index (χ3v) is 3.57. The highest BCUT2D eigenvalue weighted by molar-refractivity contribution is 6.32. The SMILES string of the molecule is Cc1cn(-c2ccc(C(F)(F)F)cc2Cl)c(NC2CC2)n1. The monoisotopic (exact) mass is 315 g/mol. The maximum atomic E-state index is 12.7. The van der Waals surface area contributed by atoms with Crippen LogP contribution in [0.3, 0.4) is 0 Å². The van der Waals surface area contributed by atoms with E-state index in [1.807, 2.05) is 6.92 Å². The second-order valence-corrected chi connectivity index (χ2v) is 5.57. The summed E-state index contributed by atoms with van der Waals surface area (Å²) in [5.41, 5.74) is 0.493. The highest BCUT2D eigenvalue weighted by atomic mass is 35.5. The van der Waals surface area contributed by atoms with Gasteiger partial charge in [-0.1, -0.05) is 11.6 Å². The van der Waals surface area contributed by atoms with Gasteiger partial charge < -0.3 is 5.32 Å². The van der Waals surface area contributed by atoms with Gasteiger partial charge >= 0.3 is 6.18 Å². The van der Waals surface area contributed by atoms with Crippen molar-refractivity contribution in [3.63, 3.8) is 0 Å². The fourth-order valence-electron chi connectivity index (χ4n) is 2.07. The molecule has 0 unspecified atom stereocenters. The third kappa shape index (κ3) is 3.00. The number of aromatic nitrogens is 2. The molecule has 112 valence electrons. The number of alkyl halides is 3. The van der Waals surface area contributed by atoms with Gasteiger partial charge in [-0.2, -0.15) is 13.2 Å². The highest BCUT2D eigenvalue weighted by Crippen LogP contribution is 2.34. The molecule has 3 rings (SSSR count). The molecule has 0 aliphatic heterocycles. The van der Waals surface area contributed by atoms with Crippen molar-refractivity contribution in [2.24, 2.45) is 0 Å². The Morgan fingerprint density at radius 1 is 1.33 bits per heavy atom. The van der Waals surface area contributed by atoms with E-state index in [4.69, 9.17) is 11.6 Å². The smallest absolute Gasteiger partial charge is 0.353 e. The lowest BCUT2D eigenvalue weighted by Crippen LogP contribution is -2.09. The fraction of sp³-hybridized carbons (Fsp3) is 0.357. The van der Waals surface area contributed by atoms with Crippen molar-refractivity contribution in [2.75, 3.05) is 5.32 Å². The van der Waals surface area contributed by atoms with E-state index < -0.39 is 11.7 Å².